The van der Waals surface area contributed by atoms with Gasteiger partial charge in [0, 0.05) is 11.9 Å². The Bertz CT molecular complexity index is 556. The Kier molecular flexibility index (Phi) is 5.69. The first kappa shape index (κ1) is 16.8. The summed E-state index contributed by atoms with van der Waals surface area (Å²) in [5, 5.41) is 0. The van der Waals surface area contributed by atoms with Crippen LogP contribution in [0.1, 0.15) is 38.7 Å². The van der Waals surface area contributed by atoms with Gasteiger partial charge in [0.2, 0.25) is 10.0 Å². The number of hydrogen-bond donors (Lipinski definition) is 1. The third kappa shape index (κ3) is 4.21. The maximum atomic E-state index is 12.5. The van der Waals surface area contributed by atoms with Crippen LogP contribution in [-0.2, 0) is 16.4 Å². The van der Waals surface area contributed by atoms with Gasteiger partial charge in [0.1, 0.15) is 0 Å². The zero-order valence-electron chi connectivity index (χ0n) is 12.7. The van der Waals surface area contributed by atoms with E-state index in [2.05, 4.69) is 18.6 Å². The van der Waals surface area contributed by atoms with Crippen LogP contribution in [0.5, 0.6) is 0 Å². The fraction of sp³-hybridized carbons (Fsp3) is 0.625. The first-order valence-corrected chi connectivity index (χ1v) is 9.63. The highest BCUT2D eigenvalue weighted by Crippen LogP contribution is 2.30. The maximum Gasteiger partial charge on any atom is 0.240 e. The molecule has 2 rings (SSSR count). The SMILES string of the molecule is CC1CCCC(NS(=O)(=O)c2ccc(CCCl)cc2)C1C. The normalized spacial score (nSPS) is 26.7. The Hall–Kier alpha value is -0.580. The van der Waals surface area contributed by atoms with E-state index < -0.39 is 10.0 Å². The van der Waals surface area contributed by atoms with Crippen LogP contribution in [0.4, 0.5) is 0 Å². The lowest BCUT2D eigenvalue weighted by Gasteiger charge is -2.34. The van der Waals surface area contributed by atoms with E-state index in [-0.39, 0.29) is 6.04 Å². The van der Waals surface area contributed by atoms with E-state index in [4.69, 9.17) is 11.6 Å². The van der Waals surface area contributed by atoms with Gasteiger partial charge in [-0.1, -0.05) is 38.8 Å². The second-order valence-electron chi connectivity index (χ2n) is 6.08. The third-order valence-electron chi connectivity index (χ3n) is 4.63. The molecule has 1 aromatic rings. The smallest absolute Gasteiger partial charge is 0.208 e. The van der Waals surface area contributed by atoms with E-state index in [1.807, 2.05) is 12.1 Å². The Morgan fingerprint density at radius 3 is 2.48 bits per heavy atom. The van der Waals surface area contributed by atoms with E-state index >= 15 is 0 Å². The molecule has 0 radical (unpaired) electrons. The van der Waals surface area contributed by atoms with Gasteiger partial charge in [0.25, 0.3) is 0 Å². The number of hydrogen-bond acceptors (Lipinski definition) is 2. The van der Waals surface area contributed by atoms with Crippen LogP contribution < -0.4 is 4.72 Å². The summed E-state index contributed by atoms with van der Waals surface area (Å²) >= 11 is 5.69. The summed E-state index contributed by atoms with van der Waals surface area (Å²) in [6.45, 7) is 4.34. The molecule has 0 heterocycles. The van der Waals surface area contributed by atoms with Gasteiger partial charge in [-0.25, -0.2) is 13.1 Å². The van der Waals surface area contributed by atoms with Gasteiger partial charge in [0.15, 0.2) is 0 Å². The quantitative estimate of drug-likeness (QED) is 0.839. The minimum Gasteiger partial charge on any atom is -0.208 e. The van der Waals surface area contributed by atoms with Crippen molar-refractivity contribution in [3.05, 3.63) is 29.8 Å². The van der Waals surface area contributed by atoms with Crippen molar-refractivity contribution in [1.29, 1.82) is 0 Å². The number of alkyl halides is 1. The van der Waals surface area contributed by atoms with E-state index in [1.165, 1.54) is 6.42 Å². The molecule has 0 spiro atoms. The zero-order valence-corrected chi connectivity index (χ0v) is 14.3. The van der Waals surface area contributed by atoms with E-state index in [0.29, 0.717) is 22.6 Å². The van der Waals surface area contributed by atoms with Crippen LogP contribution in [0.2, 0.25) is 0 Å². The van der Waals surface area contributed by atoms with Gasteiger partial charge in [-0.05, 0) is 42.4 Å². The molecule has 3 atom stereocenters. The van der Waals surface area contributed by atoms with Gasteiger partial charge in [-0.3, -0.25) is 0 Å². The second-order valence-corrected chi connectivity index (χ2v) is 8.17. The van der Waals surface area contributed by atoms with Crippen molar-refractivity contribution in [1.82, 2.24) is 4.72 Å². The summed E-state index contributed by atoms with van der Waals surface area (Å²) in [5.74, 6) is 1.49. The summed E-state index contributed by atoms with van der Waals surface area (Å²) in [5.41, 5.74) is 1.06. The predicted octanol–water partition coefficient (Wildman–Crippen LogP) is 3.57. The lowest BCUT2D eigenvalue weighted by atomic mass is 9.78. The van der Waals surface area contributed by atoms with Gasteiger partial charge < -0.3 is 0 Å². The van der Waals surface area contributed by atoms with E-state index in [0.717, 1.165) is 24.8 Å². The summed E-state index contributed by atoms with van der Waals surface area (Å²) < 4.78 is 27.9. The first-order chi connectivity index (χ1) is 9.94. The molecule has 0 aliphatic heterocycles. The predicted molar refractivity (Wildman–Crippen MR) is 87.2 cm³/mol. The highest BCUT2D eigenvalue weighted by atomic mass is 35.5. The number of sulfonamides is 1. The maximum absolute atomic E-state index is 12.5. The van der Waals surface area contributed by atoms with Crippen LogP contribution in [0.25, 0.3) is 0 Å². The van der Waals surface area contributed by atoms with Crippen molar-refractivity contribution >= 4 is 21.6 Å². The lowest BCUT2D eigenvalue weighted by molar-refractivity contribution is 0.227. The van der Waals surface area contributed by atoms with Crippen molar-refractivity contribution < 1.29 is 8.42 Å². The Morgan fingerprint density at radius 1 is 1.19 bits per heavy atom. The summed E-state index contributed by atoms with van der Waals surface area (Å²) in [7, 11) is -3.43. The van der Waals surface area contributed by atoms with Gasteiger partial charge >= 0.3 is 0 Å². The van der Waals surface area contributed by atoms with Crippen molar-refractivity contribution in [3.8, 4) is 0 Å². The molecule has 5 heteroatoms. The molecule has 21 heavy (non-hydrogen) atoms. The Labute approximate surface area is 133 Å². The van der Waals surface area contributed by atoms with Crippen LogP contribution >= 0.6 is 11.6 Å². The van der Waals surface area contributed by atoms with E-state index in [1.54, 1.807) is 12.1 Å². The molecular weight excluding hydrogens is 306 g/mol. The Balaban J connectivity index is 2.10. The molecule has 1 aliphatic rings. The third-order valence-corrected chi connectivity index (χ3v) is 6.32. The number of halogens is 1. The summed E-state index contributed by atoms with van der Waals surface area (Å²) in [6.07, 6.45) is 3.96. The monoisotopic (exact) mass is 329 g/mol. The summed E-state index contributed by atoms with van der Waals surface area (Å²) in [4.78, 5) is 0.339. The lowest BCUT2D eigenvalue weighted by Crippen LogP contribution is -2.43. The highest BCUT2D eigenvalue weighted by molar-refractivity contribution is 7.89. The number of nitrogens with one attached hydrogen (secondary N) is 1. The molecule has 0 bridgehead atoms. The van der Waals surface area contributed by atoms with Gasteiger partial charge in [-0.15, -0.1) is 11.6 Å². The average molecular weight is 330 g/mol. The van der Waals surface area contributed by atoms with Crippen LogP contribution in [0, 0.1) is 11.8 Å². The van der Waals surface area contributed by atoms with Crippen LogP contribution in [0.15, 0.2) is 29.2 Å². The van der Waals surface area contributed by atoms with Crippen molar-refractivity contribution in [2.24, 2.45) is 11.8 Å². The van der Waals surface area contributed by atoms with Crippen LogP contribution in [-0.4, -0.2) is 20.3 Å². The van der Waals surface area contributed by atoms with Crippen molar-refractivity contribution in [3.63, 3.8) is 0 Å². The standard InChI is InChI=1S/C16H24ClNO2S/c1-12-4-3-5-16(13(12)2)18-21(19,20)15-8-6-14(7-9-15)10-11-17/h6-9,12-13,16,18H,3-5,10-11H2,1-2H3. The van der Waals surface area contributed by atoms with Gasteiger partial charge in [0.05, 0.1) is 4.90 Å². The molecule has 118 valence electrons. The van der Waals surface area contributed by atoms with E-state index in [9.17, 15) is 8.42 Å². The number of rotatable bonds is 5. The fourth-order valence-electron chi connectivity index (χ4n) is 2.96. The topological polar surface area (TPSA) is 46.2 Å². The molecule has 3 unspecified atom stereocenters. The van der Waals surface area contributed by atoms with Crippen molar-refractivity contribution in [2.75, 3.05) is 5.88 Å². The summed E-state index contributed by atoms with van der Waals surface area (Å²) in [6, 6.07) is 7.05. The minimum atomic E-state index is -3.43. The average Bonchev–Trinajstić information content (AvgIpc) is 2.45. The molecule has 3 nitrogen and oxygen atoms in total. The van der Waals surface area contributed by atoms with Gasteiger partial charge in [-0.2, -0.15) is 0 Å². The zero-order chi connectivity index (χ0) is 15.5. The Morgan fingerprint density at radius 2 is 1.86 bits per heavy atom. The molecule has 0 saturated heterocycles. The molecule has 1 fully saturated rings. The molecule has 1 aromatic carbocycles. The first-order valence-electron chi connectivity index (χ1n) is 7.61. The number of aryl methyl sites for hydroxylation is 1. The number of benzene rings is 1. The molecule has 0 amide bonds. The second kappa shape index (κ2) is 7.12. The highest BCUT2D eigenvalue weighted by Gasteiger charge is 2.30. The van der Waals surface area contributed by atoms with Crippen LogP contribution in [0.3, 0.4) is 0 Å². The molecule has 1 saturated carbocycles. The minimum absolute atomic E-state index is 0.0428. The molecule has 0 aromatic heterocycles. The molecule has 1 N–H and O–H groups in total. The fourth-order valence-corrected chi connectivity index (χ4v) is 4.54. The largest absolute Gasteiger partial charge is 0.240 e. The van der Waals surface area contributed by atoms with Crippen molar-refractivity contribution in [2.45, 2.75) is 50.5 Å². The molecular formula is C16H24ClNO2S. The molecule has 1 aliphatic carbocycles.